The molecule has 0 saturated heterocycles. The molecule has 2 aromatic rings. The van der Waals surface area contributed by atoms with E-state index in [1.807, 2.05) is 22.9 Å². The van der Waals surface area contributed by atoms with Crippen molar-refractivity contribution in [3.05, 3.63) is 32.6 Å². The van der Waals surface area contributed by atoms with Gasteiger partial charge in [0.05, 0.1) is 13.2 Å². The van der Waals surface area contributed by atoms with Crippen LogP contribution >= 0.6 is 22.7 Å². The van der Waals surface area contributed by atoms with Gasteiger partial charge < -0.3 is 10.2 Å². The third kappa shape index (κ3) is 1.62. The van der Waals surface area contributed by atoms with Gasteiger partial charge in [-0.2, -0.15) is 0 Å². The summed E-state index contributed by atoms with van der Waals surface area (Å²) in [6.45, 7) is 0.126. The molecule has 2 nitrogen and oxygen atoms in total. The quantitative estimate of drug-likeness (QED) is 0.844. The van der Waals surface area contributed by atoms with Crippen molar-refractivity contribution in [1.82, 2.24) is 0 Å². The summed E-state index contributed by atoms with van der Waals surface area (Å²) in [5.74, 6) is 0. The molecule has 0 amide bonds. The lowest BCUT2D eigenvalue weighted by atomic mass is 10.1. The van der Waals surface area contributed by atoms with E-state index >= 15 is 0 Å². The largest absolute Gasteiger partial charge is 0.391 e. The van der Waals surface area contributed by atoms with Gasteiger partial charge in [0.2, 0.25) is 0 Å². The standard InChI is InChI=1S/C10H10O2S2/c11-5-9-7(1-3-13-9)8-2-4-14-10(8)6-12/h1-4,11-12H,5-6H2. The van der Waals surface area contributed by atoms with Crippen molar-refractivity contribution >= 4 is 22.7 Å². The molecule has 0 radical (unpaired) electrons. The summed E-state index contributed by atoms with van der Waals surface area (Å²) in [6, 6.07) is 3.97. The Labute approximate surface area is 90.1 Å². The SMILES string of the molecule is OCc1sccc1-c1ccsc1CO. The molecular formula is C10H10O2S2. The molecule has 0 aliphatic heterocycles. The van der Waals surface area contributed by atoms with Gasteiger partial charge in [-0.25, -0.2) is 0 Å². The summed E-state index contributed by atoms with van der Waals surface area (Å²) < 4.78 is 0. The van der Waals surface area contributed by atoms with Crippen LogP contribution in [0.4, 0.5) is 0 Å². The molecule has 2 heterocycles. The molecule has 0 atom stereocenters. The molecule has 2 N–H and O–H groups in total. The lowest BCUT2D eigenvalue weighted by molar-refractivity contribution is 0.284. The van der Waals surface area contributed by atoms with Crippen LogP contribution in [0.25, 0.3) is 11.1 Å². The molecule has 4 heteroatoms. The lowest BCUT2D eigenvalue weighted by Gasteiger charge is -2.01. The smallest absolute Gasteiger partial charge is 0.0780 e. The van der Waals surface area contributed by atoms with E-state index in [0.29, 0.717) is 0 Å². The number of hydrogen-bond acceptors (Lipinski definition) is 4. The van der Waals surface area contributed by atoms with Gasteiger partial charge in [-0.15, -0.1) is 22.7 Å². The van der Waals surface area contributed by atoms with Crippen molar-refractivity contribution in [2.24, 2.45) is 0 Å². The first-order valence-electron chi connectivity index (χ1n) is 4.21. The van der Waals surface area contributed by atoms with E-state index in [0.717, 1.165) is 20.9 Å². The topological polar surface area (TPSA) is 40.5 Å². The van der Waals surface area contributed by atoms with Crippen molar-refractivity contribution in [3.8, 4) is 11.1 Å². The molecule has 0 aliphatic carbocycles. The Hall–Kier alpha value is -0.680. The summed E-state index contributed by atoms with van der Waals surface area (Å²) in [7, 11) is 0. The van der Waals surface area contributed by atoms with Crippen LogP contribution in [0.2, 0.25) is 0 Å². The highest BCUT2D eigenvalue weighted by molar-refractivity contribution is 7.11. The van der Waals surface area contributed by atoms with E-state index in [9.17, 15) is 0 Å². The minimum atomic E-state index is 0.0632. The van der Waals surface area contributed by atoms with E-state index in [2.05, 4.69) is 0 Å². The van der Waals surface area contributed by atoms with Gasteiger partial charge >= 0.3 is 0 Å². The zero-order valence-electron chi connectivity index (χ0n) is 7.43. The molecule has 0 aliphatic rings. The average Bonchev–Trinajstić information content (AvgIpc) is 2.85. The van der Waals surface area contributed by atoms with E-state index in [-0.39, 0.29) is 13.2 Å². The summed E-state index contributed by atoms with van der Waals surface area (Å²) in [6.07, 6.45) is 0. The molecule has 0 spiro atoms. The monoisotopic (exact) mass is 226 g/mol. The molecule has 0 aromatic carbocycles. The van der Waals surface area contributed by atoms with Crippen LogP contribution in [0, 0.1) is 0 Å². The van der Waals surface area contributed by atoms with Gasteiger partial charge in [-0.1, -0.05) is 0 Å². The number of hydrogen-bond donors (Lipinski definition) is 2. The van der Waals surface area contributed by atoms with Gasteiger partial charge in [0.25, 0.3) is 0 Å². The second-order valence-electron chi connectivity index (χ2n) is 2.83. The highest BCUT2D eigenvalue weighted by Crippen LogP contribution is 2.33. The van der Waals surface area contributed by atoms with Crippen molar-refractivity contribution < 1.29 is 10.2 Å². The van der Waals surface area contributed by atoms with Crippen LogP contribution in [0.5, 0.6) is 0 Å². The van der Waals surface area contributed by atoms with Crippen LogP contribution in [0.15, 0.2) is 22.9 Å². The van der Waals surface area contributed by atoms with Crippen LogP contribution in [-0.4, -0.2) is 10.2 Å². The van der Waals surface area contributed by atoms with Crippen molar-refractivity contribution in [1.29, 1.82) is 0 Å². The van der Waals surface area contributed by atoms with Gasteiger partial charge in [-0.3, -0.25) is 0 Å². The molecule has 2 aromatic heterocycles. The summed E-state index contributed by atoms with van der Waals surface area (Å²) >= 11 is 3.08. The van der Waals surface area contributed by atoms with Crippen LogP contribution in [-0.2, 0) is 13.2 Å². The van der Waals surface area contributed by atoms with Crippen LogP contribution < -0.4 is 0 Å². The predicted molar refractivity (Wildman–Crippen MR) is 59.5 cm³/mol. The fraction of sp³-hybridized carbons (Fsp3) is 0.200. The molecule has 74 valence electrons. The van der Waals surface area contributed by atoms with E-state index in [1.165, 1.54) is 22.7 Å². The normalized spacial score (nSPS) is 10.7. The first kappa shape index (κ1) is 9.86. The summed E-state index contributed by atoms with van der Waals surface area (Å²) in [4.78, 5) is 1.91. The number of aliphatic hydroxyl groups excluding tert-OH is 2. The number of rotatable bonds is 3. The first-order valence-corrected chi connectivity index (χ1v) is 5.97. The van der Waals surface area contributed by atoms with E-state index in [4.69, 9.17) is 10.2 Å². The molecule has 0 bridgehead atoms. The summed E-state index contributed by atoms with van der Waals surface area (Å²) in [5, 5.41) is 22.2. The van der Waals surface area contributed by atoms with Crippen molar-refractivity contribution in [2.45, 2.75) is 13.2 Å². The Morgan fingerprint density at radius 1 is 0.857 bits per heavy atom. The second-order valence-corrected chi connectivity index (χ2v) is 4.83. The molecule has 0 fully saturated rings. The minimum Gasteiger partial charge on any atom is -0.391 e. The van der Waals surface area contributed by atoms with Gasteiger partial charge in [0.15, 0.2) is 0 Å². The van der Waals surface area contributed by atoms with E-state index in [1.54, 1.807) is 0 Å². The van der Waals surface area contributed by atoms with E-state index < -0.39 is 0 Å². The highest BCUT2D eigenvalue weighted by Gasteiger charge is 2.10. The number of thiophene rings is 2. The third-order valence-corrected chi connectivity index (χ3v) is 3.88. The van der Waals surface area contributed by atoms with Crippen LogP contribution in [0.1, 0.15) is 9.75 Å². The predicted octanol–water partition coefficient (Wildman–Crippen LogP) is 2.46. The Kier molecular flexibility index (Phi) is 2.98. The maximum Gasteiger partial charge on any atom is 0.0780 e. The Morgan fingerprint density at radius 2 is 1.29 bits per heavy atom. The zero-order valence-corrected chi connectivity index (χ0v) is 9.07. The Morgan fingerprint density at radius 3 is 1.64 bits per heavy atom. The second kappa shape index (κ2) is 4.23. The molecule has 2 rings (SSSR count). The zero-order chi connectivity index (χ0) is 9.97. The van der Waals surface area contributed by atoms with Crippen molar-refractivity contribution in [3.63, 3.8) is 0 Å². The van der Waals surface area contributed by atoms with Gasteiger partial charge in [0, 0.05) is 9.75 Å². The first-order chi connectivity index (χ1) is 6.86. The molecule has 14 heavy (non-hydrogen) atoms. The number of aliphatic hydroxyl groups is 2. The molecule has 0 saturated carbocycles. The maximum absolute atomic E-state index is 9.12. The molecule has 0 unspecified atom stereocenters. The van der Waals surface area contributed by atoms with Crippen LogP contribution in [0.3, 0.4) is 0 Å². The van der Waals surface area contributed by atoms with Crippen molar-refractivity contribution in [2.75, 3.05) is 0 Å². The van der Waals surface area contributed by atoms with Gasteiger partial charge in [-0.05, 0) is 34.0 Å². The highest BCUT2D eigenvalue weighted by atomic mass is 32.1. The fourth-order valence-corrected chi connectivity index (χ4v) is 2.90. The Balaban J connectivity index is 2.48. The minimum absolute atomic E-state index is 0.0632. The fourth-order valence-electron chi connectivity index (χ4n) is 1.41. The summed E-state index contributed by atoms with van der Waals surface area (Å²) in [5.41, 5.74) is 2.09. The maximum atomic E-state index is 9.12. The third-order valence-electron chi connectivity index (χ3n) is 2.07. The lowest BCUT2D eigenvalue weighted by Crippen LogP contribution is -1.85. The average molecular weight is 226 g/mol. The van der Waals surface area contributed by atoms with Gasteiger partial charge in [0.1, 0.15) is 0 Å². The molecular weight excluding hydrogens is 216 g/mol. The Bertz CT molecular complexity index is 377.